The number of benzene rings is 1. The van der Waals surface area contributed by atoms with Gasteiger partial charge < -0.3 is 20.5 Å². The normalized spacial score (nSPS) is 15.4. The fourth-order valence-electron chi connectivity index (χ4n) is 4.28. The van der Waals surface area contributed by atoms with Crippen molar-refractivity contribution in [2.75, 3.05) is 6.54 Å². The fraction of sp³-hybridized carbons (Fsp3) is 0.290. The predicted molar refractivity (Wildman–Crippen MR) is 155 cm³/mol. The summed E-state index contributed by atoms with van der Waals surface area (Å²) >= 11 is 0. The van der Waals surface area contributed by atoms with E-state index >= 15 is 0 Å². The molecule has 1 unspecified atom stereocenters. The van der Waals surface area contributed by atoms with Crippen LogP contribution in [0.1, 0.15) is 44.9 Å². The van der Waals surface area contributed by atoms with Crippen LogP contribution >= 0.6 is 0 Å². The van der Waals surface area contributed by atoms with Crippen LogP contribution in [0.15, 0.2) is 88.9 Å². The van der Waals surface area contributed by atoms with E-state index in [1.807, 2.05) is 26.0 Å². The van der Waals surface area contributed by atoms with Crippen LogP contribution in [0.2, 0.25) is 0 Å². The van der Waals surface area contributed by atoms with E-state index in [9.17, 15) is 14.0 Å². The second-order valence-corrected chi connectivity index (χ2v) is 9.15. The van der Waals surface area contributed by atoms with Gasteiger partial charge in [-0.2, -0.15) is 0 Å². The lowest BCUT2D eigenvalue weighted by molar-refractivity contribution is -0.134. The van der Waals surface area contributed by atoms with Crippen molar-refractivity contribution in [2.45, 2.75) is 52.6 Å². The molecule has 3 N–H and O–H groups in total. The lowest BCUT2D eigenvalue weighted by Gasteiger charge is -2.26. The summed E-state index contributed by atoms with van der Waals surface area (Å²) in [6.07, 6.45) is 9.91. The number of rotatable bonds is 9. The second-order valence-electron chi connectivity index (χ2n) is 9.15. The molecule has 2 aromatic heterocycles. The van der Waals surface area contributed by atoms with Gasteiger partial charge in [0.05, 0.1) is 12.2 Å². The van der Waals surface area contributed by atoms with Gasteiger partial charge in [-0.3, -0.25) is 19.5 Å². The number of likely N-dealkylation sites (tertiary alicyclic amines) is 1. The Balaban J connectivity index is 0.000000415. The highest BCUT2D eigenvalue weighted by molar-refractivity contribution is 5.98. The monoisotopic (exact) mass is 545 g/mol. The van der Waals surface area contributed by atoms with Crippen molar-refractivity contribution in [1.29, 1.82) is 5.41 Å². The maximum Gasteiger partial charge on any atom is 0.274 e. The topological polar surface area (TPSA) is 111 Å². The van der Waals surface area contributed by atoms with E-state index in [1.165, 1.54) is 17.2 Å². The smallest absolute Gasteiger partial charge is 0.274 e. The van der Waals surface area contributed by atoms with Crippen molar-refractivity contribution in [2.24, 2.45) is 0 Å². The molecule has 0 aliphatic carbocycles. The van der Waals surface area contributed by atoms with Gasteiger partial charge in [-0.25, -0.2) is 4.39 Å². The number of fused-ring (bicyclic) bond motifs is 1. The Morgan fingerprint density at radius 1 is 1.23 bits per heavy atom. The highest BCUT2D eigenvalue weighted by atomic mass is 19.1. The molecule has 4 rings (SSSR count). The molecule has 8 nitrogen and oxygen atoms in total. The van der Waals surface area contributed by atoms with Crippen molar-refractivity contribution in [3.8, 4) is 0 Å². The minimum Gasteiger partial charge on any atom is -0.459 e. The zero-order valence-electron chi connectivity index (χ0n) is 23.2. The number of amides is 2. The Morgan fingerprint density at radius 2 is 2.00 bits per heavy atom. The van der Waals surface area contributed by atoms with Crippen LogP contribution < -0.4 is 10.6 Å². The molecule has 1 fully saturated rings. The molecule has 0 saturated carbocycles. The van der Waals surface area contributed by atoms with Gasteiger partial charge in [0.25, 0.3) is 5.91 Å². The predicted octanol–water partition coefficient (Wildman–Crippen LogP) is 5.43. The number of halogens is 1. The third-order valence-electron chi connectivity index (χ3n) is 6.58. The van der Waals surface area contributed by atoms with Gasteiger partial charge in [0.2, 0.25) is 5.91 Å². The van der Waals surface area contributed by atoms with Crippen LogP contribution in [0.5, 0.6) is 0 Å². The summed E-state index contributed by atoms with van der Waals surface area (Å²) in [7, 11) is 0. The molecule has 3 heterocycles. The Labute approximate surface area is 234 Å². The third-order valence-corrected chi connectivity index (χ3v) is 6.58. The molecule has 0 bridgehead atoms. The maximum atomic E-state index is 13.1. The van der Waals surface area contributed by atoms with Crippen LogP contribution in [-0.4, -0.2) is 40.5 Å². The summed E-state index contributed by atoms with van der Waals surface area (Å²) < 4.78 is 18.3. The Morgan fingerprint density at radius 3 is 2.62 bits per heavy atom. The van der Waals surface area contributed by atoms with Crippen molar-refractivity contribution >= 4 is 29.0 Å². The van der Waals surface area contributed by atoms with Crippen LogP contribution in [0.3, 0.4) is 0 Å². The van der Waals surface area contributed by atoms with Crippen LogP contribution in [0.4, 0.5) is 4.39 Å². The van der Waals surface area contributed by atoms with Crippen molar-refractivity contribution in [1.82, 2.24) is 20.5 Å². The highest BCUT2D eigenvalue weighted by Gasteiger charge is 2.37. The van der Waals surface area contributed by atoms with Gasteiger partial charge in [-0.1, -0.05) is 43.9 Å². The lowest BCUT2D eigenvalue weighted by atomic mass is 10.2. The van der Waals surface area contributed by atoms with E-state index in [0.29, 0.717) is 42.1 Å². The number of carbonyl (C=O) groups excluding carboxylic acids is 2. The number of aryl methyl sites for hydroxylation is 1. The molecule has 210 valence electrons. The van der Waals surface area contributed by atoms with E-state index in [2.05, 4.69) is 22.2 Å². The molecule has 2 amide bonds. The first-order valence-electron chi connectivity index (χ1n) is 13.2. The highest BCUT2D eigenvalue weighted by Crippen LogP contribution is 2.28. The van der Waals surface area contributed by atoms with E-state index in [-0.39, 0.29) is 24.2 Å². The molecule has 40 heavy (non-hydrogen) atoms. The Hall–Kier alpha value is -4.53. The summed E-state index contributed by atoms with van der Waals surface area (Å²) in [6.45, 7) is 10.1. The number of hydrogen-bond donors (Lipinski definition) is 3. The molecular formula is C31H36FN5O3. The van der Waals surface area contributed by atoms with Gasteiger partial charge in [0.1, 0.15) is 23.2 Å². The molecule has 9 heteroatoms. The Bertz CT molecular complexity index is 1390. The molecular weight excluding hydrogens is 509 g/mol. The second kappa shape index (κ2) is 14.6. The quantitative estimate of drug-likeness (QED) is 0.245. The number of aromatic nitrogens is 1. The van der Waals surface area contributed by atoms with Crippen LogP contribution in [-0.2, 0) is 22.6 Å². The summed E-state index contributed by atoms with van der Waals surface area (Å²) in [5, 5.41) is 14.2. The largest absolute Gasteiger partial charge is 0.459 e. The molecule has 0 radical (unpaired) electrons. The summed E-state index contributed by atoms with van der Waals surface area (Å²) in [6, 6.07) is 9.81. The fourth-order valence-corrected chi connectivity index (χ4v) is 4.28. The molecule has 0 spiro atoms. The summed E-state index contributed by atoms with van der Waals surface area (Å²) in [5.41, 5.74) is 3.23. The van der Waals surface area contributed by atoms with Gasteiger partial charge in [0.15, 0.2) is 0 Å². The maximum absolute atomic E-state index is 13.1. The first-order valence-corrected chi connectivity index (χ1v) is 13.2. The Kier molecular flexibility index (Phi) is 10.9. The number of nitrogens with one attached hydrogen (secondary N) is 3. The van der Waals surface area contributed by atoms with E-state index in [1.54, 1.807) is 49.7 Å². The van der Waals surface area contributed by atoms with E-state index in [4.69, 9.17) is 9.83 Å². The molecule has 1 aliphatic rings. The van der Waals surface area contributed by atoms with E-state index < -0.39 is 6.04 Å². The number of allylic oxidation sites excluding steroid dienone is 3. The first-order chi connectivity index (χ1) is 19.3. The first kappa shape index (κ1) is 30.0. The number of furan rings is 1. The molecule has 1 aromatic carbocycles. The zero-order valence-corrected chi connectivity index (χ0v) is 23.2. The number of carbonyl (C=O) groups is 2. The van der Waals surface area contributed by atoms with Crippen molar-refractivity contribution in [3.63, 3.8) is 0 Å². The van der Waals surface area contributed by atoms with E-state index in [0.717, 1.165) is 22.9 Å². The lowest BCUT2D eigenvalue weighted by Crippen LogP contribution is -2.46. The molecule has 1 saturated heterocycles. The van der Waals surface area contributed by atoms with Crippen LogP contribution in [0.25, 0.3) is 11.0 Å². The van der Waals surface area contributed by atoms with Crippen LogP contribution in [0, 0.1) is 11.2 Å². The number of nitrogens with zero attached hydrogens (tertiary/aromatic N) is 2. The standard InChI is InChI=1S/C23H27N5O3.C8H9F/c1-4-16(11-24)12-26-19(5-2)23(30)28-15(3)6-7-20(28)22(29)27-14-18-10-17-13-25-9-8-21(17)31-18;1-2-7-5-3-4-6-8(7)9/h4-5,8-11,13,20,24,26H,3,6-7,12,14H2,1-2H3,(H,27,29);3-6H,2H2,1H3/b16-4+,19-5+,24-11?;. The average Bonchev–Trinajstić information content (AvgIpc) is 3.57. The number of hydrogen-bond acceptors (Lipinski definition) is 6. The molecule has 1 aliphatic heterocycles. The molecule has 1 atom stereocenters. The van der Waals surface area contributed by atoms with Gasteiger partial charge >= 0.3 is 0 Å². The minimum atomic E-state index is -0.633. The number of pyridine rings is 1. The summed E-state index contributed by atoms with van der Waals surface area (Å²) in [4.78, 5) is 31.5. The average molecular weight is 546 g/mol. The zero-order chi connectivity index (χ0) is 29.1. The summed E-state index contributed by atoms with van der Waals surface area (Å²) in [5.74, 6) is -0.0394. The van der Waals surface area contributed by atoms with Crippen molar-refractivity contribution in [3.05, 3.63) is 102 Å². The van der Waals surface area contributed by atoms with Gasteiger partial charge in [0, 0.05) is 36.2 Å². The minimum absolute atomic E-state index is 0.0972. The van der Waals surface area contributed by atoms with Gasteiger partial charge in [-0.05, 0) is 62.4 Å². The van der Waals surface area contributed by atoms with Crippen molar-refractivity contribution < 1.29 is 18.4 Å². The molecule has 3 aromatic rings. The third kappa shape index (κ3) is 7.53. The van der Waals surface area contributed by atoms with Gasteiger partial charge in [-0.15, -0.1) is 0 Å². The SMILES string of the molecule is C=C1CCC(C(=O)NCc2cc3cnccc3o2)N1C(=O)/C(=C\C)NC/C(C=N)=C/C.CCc1ccccc1F.